The number of alkyl halides is 1. The fourth-order valence-electron chi connectivity index (χ4n) is 5.57. The summed E-state index contributed by atoms with van der Waals surface area (Å²) in [5.74, 6) is 0.613. The molecular formula is C31H34ClN7O. The number of likely N-dealkylation sites (N-methyl/N-ethyl adjacent to an activating group) is 1. The maximum atomic E-state index is 14.2. The number of benzene rings is 3. The summed E-state index contributed by atoms with van der Waals surface area (Å²) in [5, 5.41) is 1.44. The Labute approximate surface area is 239 Å². The van der Waals surface area contributed by atoms with Gasteiger partial charge in [-0.25, -0.2) is 15.0 Å². The summed E-state index contributed by atoms with van der Waals surface area (Å²) < 4.78 is 0. The fourth-order valence-corrected chi connectivity index (χ4v) is 5.78. The second-order valence-electron chi connectivity index (χ2n) is 10.5. The van der Waals surface area contributed by atoms with Gasteiger partial charge in [-0.05, 0) is 62.0 Å². The van der Waals surface area contributed by atoms with Crippen molar-refractivity contribution in [2.24, 2.45) is 9.98 Å². The van der Waals surface area contributed by atoms with Gasteiger partial charge in [0.1, 0.15) is 0 Å². The van der Waals surface area contributed by atoms with Gasteiger partial charge in [0.05, 0.1) is 21.7 Å². The molecule has 0 spiro atoms. The zero-order chi connectivity index (χ0) is 27.7. The predicted octanol–water partition coefficient (Wildman–Crippen LogP) is 3.45. The molecule has 9 heteroatoms. The summed E-state index contributed by atoms with van der Waals surface area (Å²) in [6.45, 7) is 7.77. The van der Waals surface area contributed by atoms with Gasteiger partial charge in [0.2, 0.25) is 11.4 Å². The number of hydrogen-bond donors (Lipinski definition) is 1. The second-order valence-corrected chi connectivity index (χ2v) is 10.9. The Bertz CT molecular complexity index is 1610. The number of Topliss-reactive ketones (excluding diaryl/α,β-unsaturated/α-hetero) is 1. The van der Waals surface area contributed by atoms with Crippen molar-refractivity contribution in [2.45, 2.75) is 19.0 Å². The third-order valence-electron chi connectivity index (χ3n) is 7.89. The van der Waals surface area contributed by atoms with Gasteiger partial charge in [-0.3, -0.25) is 4.79 Å². The number of rotatable bonds is 9. The van der Waals surface area contributed by atoms with Crippen LogP contribution in [0.3, 0.4) is 0 Å². The molecule has 1 aromatic heterocycles. The molecule has 0 amide bonds. The van der Waals surface area contributed by atoms with Crippen LogP contribution in [0.1, 0.15) is 23.1 Å². The topological polar surface area (TPSA) is 80.2 Å². The Hall–Kier alpha value is -3.75. The Morgan fingerprint density at radius 3 is 2.35 bits per heavy atom. The number of nitrogens with one attached hydrogen (secondary N) is 1. The molecule has 2 aliphatic rings. The van der Waals surface area contributed by atoms with E-state index in [2.05, 4.69) is 70.1 Å². The van der Waals surface area contributed by atoms with E-state index in [0.717, 1.165) is 78.0 Å². The molecule has 1 N–H and O–H groups in total. The molecule has 0 bridgehead atoms. The summed E-state index contributed by atoms with van der Waals surface area (Å²) in [5.41, 5.74) is 3.50. The van der Waals surface area contributed by atoms with Gasteiger partial charge in [-0.2, -0.15) is 0 Å². The minimum Gasteiger partial charge on any atom is -0.371 e. The molecule has 1 fully saturated rings. The van der Waals surface area contributed by atoms with Crippen LogP contribution in [0.5, 0.6) is 0 Å². The van der Waals surface area contributed by atoms with E-state index in [4.69, 9.17) is 26.6 Å². The number of piperazine rings is 1. The maximum absolute atomic E-state index is 14.2. The number of ketones is 1. The summed E-state index contributed by atoms with van der Waals surface area (Å²) in [7, 11) is 2.15. The van der Waals surface area contributed by atoms with Crippen LogP contribution in [-0.2, 0) is 6.42 Å². The average Bonchev–Trinajstić information content (AvgIpc) is 3.58. The Morgan fingerprint density at radius 2 is 1.70 bits per heavy atom. The summed E-state index contributed by atoms with van der Waals surface area (Å²) in [6.07, 6.45) is 0.339. The number of aromatic amines is 1. The highest BCUT2D eigenvalue weighted by atomic mass is 35.5. The Balaban J connectivity index is 1.33. The van der Waals surface area contributed by atoms with Gasteiger partial charge in [0.15, 0.2) is 5.82 Å². The number of imidazole rings is 1. The van der Waals surface area contributed by atoms with Crippen molar-refractivity contribution in [2.75, 3.05) is 62.0 Å². The first kappa shape index (κ1) is 26.5. The minimum atomic E-state index is -1.32. The zero-order valence-corrected chi connectivity index (χ0v) is 23.7. The molecule has 0 aliphatic carbocycles. The number of H-pyrrole nitrogens is 1. The highest BCUT2D eigenvalue weighted by Crippen LogP contribution is 2.28. The van der Waals surface area contributed by atoms with Crippen molar-refractivity contribution in [1.82, 2.24) is 14.9 Å². The van der Waals surface area contributed by atoms with E-state index in [1.807, 2.05) is 30.3 Å². The van der Waals surface area contributed by atoms with E-state index in [1.165, 1.54) is 0 Å². The third kappa shape index (κ3) is 5.09. The van der Waals surface area contributed by atoms with Crippen molar-refractivity contribution in [1.29, 1.82) is 0 Å². The van der Waals surface area contributed by atoms with Crippen molar-refractivity contribution < 1.29 is 4.79 Å². The number of aromatic nitrogens is 2. The van der Waals surface area contributed by atoms with Crippen LogP contribution >= 0.6 is 11.6 Å². The predicted molar refractivity (Wildman–Crippen MR) is 160 cm³/mol. The first-order valence-electron chi connectivity index (χ1n) is 13.9. The van der Waals surface area contributed by atoms with Crippen LogP contribution in [0, 0.1) is 0 Å². The van der Waals surface area contributed by atoms with E-state index in [-0.39, 0.29) is 11.6 Å². The van der Waals surface area contributed by atoms with Crippen LogP contribution in [-0.4, -0.2) is 78.5 Å². The Morgan fingerprint density at radius 1 is 1.00 bits per heavy atom. The zero-order valence-electron chi connectivity index (χ0n) is 23.0. The molecule has 0 atom stereocenters. The summed E-state index contributed by atoms with van der Waals surface area (Å²) >= 11 is 5.99. The van der Waals surface area contributed by atoms with Crippen LogP contribution in [0.25, 0.3) is 11.0 Å². The van der Waals surface area contributed by atoms with E-state index in [9.17, 15) is 4.79 Å². The summed E-state index contributed by atoms with van der Waals surface area (Å²) in [4.78, 5) is 39.0. The number of carbonyl (C=O) groups is 1. The molecule has 3 heterocycles. The molecular weight excluding hydrogens is 522 g/mol. The number of fused-ring (bicyclic) bond motifs is 2. The van der Waals surface area contributed by atoms with E-state index >= 15 is 0 Å². The maximum Gasteiger partial charge on any atom is 0.247 e. The highest BCUT2D eigenvalue weighted by Gasteiger charge is 2.42. The van der Waals surface area contributed by atoms with Gasteiger partial charge in [0.25, 0.3) is 0 Å². The van der Waals surface area contributed by atoms with Crippen LogP contribution in [0.4, 0.5) is 11.4 Å². The first-order valence-corrected chi connectivity index (χ1v) is 14.4. The average molecular weight is 556 g/mol. The monoisotopic (exact) mass is 555 g/mol. The molecule has 8 nitrogen and oxygen atoms in total. The minimum absolute atomic E-state index is 0.234. The van der Waals surface area contributed by atoms with Crippen LogP contribution in [0.2, 0.25) is 0 Å². The standard InChI is InChI=1S/C31H34ClN7O/c1-3-38(15-14-32)23-10-8-22(9-11-23)21-31(35-26-6-4-5-7-27(26)36-31)29(40)30-33-25-13-12-24(20-28(25)34-30)39-18-16-37(2)17-19-39/h4-13,20H,3,14-19,21H2,1-2H3,(H,33,34). The van der Waals surface area contributed by atoms with E-state index < -0.39 is 5.66 Å². The van der Waals surface area contributed by atoms with Gasteiger partial charge < -0.3 is 19.7 Å². The first-order chi connectivity index (χ1) is 19.5. The molecule has 3 aromatic carbocycles. The molecule has 0 unspecified atom stereocenters. The lowest BCUT2D eigenvalue weighted by Crippen LogP contribution is -2.44. The smallest absolute Gasteiger partial charge is 0.247 e. The lowest BCUT2D eigenvalue weighted by atomic mass is 9.95. The molecule has 1 saturated heterocycles. The van der Waals surface area contributed by atoms with Crippen molar-refractivity contribution >= 4 is 39.8 Å². The number of nitrogens with zero attached hydrogens (tertiary/aromatic N) is 6. The molecule has 2 aliphatic heterocycles. The quantitative estimate of drug-likeness (QED) is 0.253. The van der Waals surface area contributed by atoms with Crippen LogP contribution < -0.4 is 20.5 Å². The highest BCUT2D eigenvalue weighted by molar-refractivity contribution is 6.18. The SMILES string of the molecule is CCN(CCCl)c1ccc(CC2(C(=O)c3nc4ccc(N5CCN(C)CC5)cc4[nH]3)N=c3ccccc3=N2)cc1. The molecule has 0 radical (unpaired) electrons. The van der Waals surface area contributed by atoms with Crippen LogP contribution in [0.15, 0.2) is 76.7 Å². The number of hydrogen-bond acceptors (Lipinski definition) is 7. The van der Waals surface area contributed by atoms with Gasteiger partial charge in [0, 0.05) is 62.9 Å². The van der Waals surface area contributed by atoms with Crippen molar-refractivity contribution in [3.05, 3.63) is 88.8 Å². The number of carbonyl (C=O) groups excluding carboxylic acids is 1. The van der Waals surface area contributed by atoms with Crippen molar-refractivity contribution in [3.8, 4) is 0 Å². The summed E-state index contributed by atoms with van der Waals surface area (Å²) in [6, 6.07) is 22.1. The molecule has 206 valence electrons. The van der Waals surface area contributed by atoms with Gasteiger partial charge >= 0.3 is 0 Å². The lowest BCUT2D eigenvalue weighted by molar-refractivity contribution is 0.0884. The number of para-hydroxylation sites is 2. The molecule has 0 saturated carbocycles. The molecule has 40 heavy (non-hydrogen) atoms. The number of halogens is 1. The lowest BCUT2D eigenvalue weighted by Gasteiger charge is -2.34. The second kappa shape index (κ2) is 11.0. The normalized spacial score (nSPS) is 16.4. The largest absolute Gasteiger partial charge is 0.371 e. The van der Waals surface area contributed by atoms with Crippen molar-refractivity contribution in [3.63, 3.8) is 0 Å². The van der Waals surface area contributed by atoms with E-state index in [0.29, 0.717) is 12.3 Å². The van der Waals surface area contributed by atoms with E-state index in [1.54, 1.807) is 0 Å². The Kier molecular flexibility index (Phi) is 7.29. The van der Waals surface area contributed by atoms with Gasteiger partial charge in [-0.1, -0.05) is 24.3 Å². The fraction of sp³-hybridized carbons (Fsp3) is 0.355. The molecule has 4 aromatic rings. The number of anilines is 2. The van der Waals surface area contributed by atoms with Gasteiger partial charge in [-0.15, -0.1) is 11.6 Å². The third-order valence-corrected chi connectivity index (χ3v) is 8.06. The molecule has 6 rings (SSSR count).